The van der Waals surface area contributed by atoms with E-state index in [0.29, 0.717) is 0 Å². The van der Waals surface area contributed by atoms with Crippen LogP contribution in [0.4, 0.5) is 0 Å². The van der Waals surface area contributed by atoms with Crippen molar-refractivity contribution in [2.75, 3.05) is 0 Å². The molecule has 0 nitrogen and oxygen atoms in total. The van der Waals surface area contributed by atoms with Crippen LogP contribution in [0.2, 0.25) is 0 Å². The lowest BCUT2D eigenvalue weighted by atomic mass is 9.91. The highest BCUT2D eigenvalue weighted by Crippen LogP contribution is 2.24. The SMILES string of the molecule is C=C.CC.CC1CCCCC1.CCCC.CCCCCCC.Cc1cc(-c2ccccc2)cc(C)c1C. The Morgan fingerprint density at radius 1 is 0.622 bits per heavy atom. The first-order chi connectivity index (χ1) is 17.9. The molecule has 1 aliphatic rings. The van der Waals surface area contributed by atoms with E-state index in [1.165, 1.54) is 105 Å². The largest absolute Gasteiger partial charge is 0.106 e. The Morgan fingerprint density at radius 2 is 1.05 bits per heavy atom. The lowest BCUT2D eigenvalue weighted by Gasteiger charge is -2.15. The Bertz CT molecular complexity index is 662. The van der Waals surface area contributed by atoms with Crippen LogP contribution in [0.5, 0.6) is 0 Å². The van der Waals surface area contributed by atoms with Crippen molar-refractivity contribution >= 4 is 0 Å². The molecule has 1 aliphatic carbocycles. The molecule has 0 heterocycles. The third-order valence-electron chi connectivity index (χ3n) is 6.64. The summed E-state index contributed by atoms with van der Waals surface area (Å²) >= 11 is 0. The third kappa shape index (κ3) is 23.1. The molecule has 3 rings (SSSR count). The van der Waals surface area contributed by atoms with Crippen molar-refractivity contribution in [3.8, 4) is 11.1 Å². The maximum Gasteiger partial charge on any atom is -0.0179 e. The molecule has 0 unspecified atom stereocenters. The quantitative estimate of drug-likeness (QED) is 0.268. The number of aryl methyl sites for hydroxylation is 2. The summed E-state index contributed by atoms with van der Waals surface area (Å²) in [6.45, 7) is 27.7. The standard InChI is InChI=1S/C15H16.C7H14.C7H16.C4H10.C2H6.C2H4/c1-11-9-15(10-12(2)13(11)3)14-7-5-4-6-8-14;1-7-5-3-2-4-6-7;1-3-5-7-6-4-2;1-3-4-2;2*1-2/h4-10H,1-3H3;7H,2-6H2,1H3;3-7H2,1-2H3;3-4H2,1-2H3;1-2H3;1-2H2. The second kappa shape index (κ2) is 30.4. The fourth-order valence-corrected chi connectivity index (χ4v) is 3.82. The number of unbranched alkanes of at least 4 members (excludes halogenated alkanes) is 5. The highest BCUT2D eigenvalue weighted by molar-refractivity contribution is 5.66. The molecule has 0 heteroatoms. The number of benzene rings is 2. The van der Waals surface area contributed by atoms with Crippen LogP contribution in [-0.4, -0.2) is 0 Å². The van der Waals surface area contributed by atoms with E-state index in [2.05, 4.69) is 111 Å². The first-order valence-electron chi connectivity index (χ1n) is 15.5. The van der Waals surface area contributed by atoms with Gasteiger partial charge in [-0.05, 0) is 54.5 Å². The van der Waals surface area contributed by atoms with Crippen LogP contribution in [0.25, 0.3) is 11.1 Å². The molecule has 214 valence electrons. The molecular formula is C37H66. The minimum Gasteiger partial charge on any atom is -0.106 e. The molecule has 0 aromatic heterocycles. The van der Waals surface area contributed by atoms with E-state index >= 15 is 0 Å². The van der Waals surface area contributed by atoms with Gasteiger partial charge in [-0.15, -0.1) is 13.2 Å². The van der Waals surface area contributed by atoms with Crippen LogP contribution in [0, 0.1) is 26.7 Å². The summed E-state index contributed by atoms with van der Waals surface area (Å²) < 4.78 is 0. The molecule has 2 aromatic carbocycles. The maximum absolute atomic E-state index is 3.00. The van der Waals surface area contributed by atoms with E-state index in [-0.39, 0.29) is 0 Å². The molecule has 0 radical (unpaired) electrons. The van der Waals surface area contributed by atoms with Gasteiger partial charge in [-0.3, -0.25) is 0 Å². The summed E-state index contributed by atoms with van der Waals surface area (Å²) in [7, 11) is 0. The maximum atomic E-state index is 3.00. The van der Waals surface area contributed by atoms with E-state index in [4.69, 9.17) is 0 Å². The molecule has 0 N–H and O–H groups in total. The van der Waals surface area contributed by atoms with Gasteiger partial charge >= 0.3 is 0 Å². The fraction of sp³-hybridized carbons (Fsp3) is 0.622. The van der Waals surface area contributed by atoms with Gasteiger partial charge in [-0.1, -0.05) is 168 Å². The van der Waals surface area contributed by atoms with Crippen LogP contribution >= 0.6 is 0 Å². The molecule has 0 atom stereocenters. The number of rotatable bonds is 6. The van der Waals surface area contributed by atoms with Gasteiger partial charge in [0.2, 0.25) is 0 Å². The molecular weight excluding hydrogens is 444 g/mol. The van der Waals surface area contributed by atoms with Gasteiger partial charge in [0.15, 0.2) is 0 Å². The summed E-state index contributed by atoms with van der Waals surface area (Å²) in [5.41, 5.74) is 6.75. The second-order valence-electron chi connectivity index (χ2n) is 9.90. The molecule has 1 saturated carbocycles. The smallest absolute Gasteiger partial charge is 0.0179 e. The molecule has 0 bridgehead atoms. The summed E-state index contributed by atoms with van der Waals surface area (Å²) in [4.78, 5) is 0. The molecule has 0 saturated heterocycles. The highest BCUT2D eigenvalue weighted by Gasteiger charge is 2.06. The van der Waals surface area contributed by atoms with Gasteiger partial charge in [0.25, 0.3) is 0 Å². The number of hydrogen-bond acceptors (Lipinski definition) is 0. The van der Waals surface area contributed by atoms with E-state index in [1.54, 1.807) is 0 Å². The van der Waals surface area contributed by atoms with E-state index < -0.39 is 0 Å². The zero-order chi connectivity index (χ0) is 28.9. The number of hydrogen-bond donors (Lipinski definition) is 0. The van der Waals surface area contributed by atoms with E-state index in [9.17, 15) is 0 Å². The van der Waals surface area contributed by atoms with Gasteiger partial charge in [0.1, 0.15) is 0 Å². The van der Waals surface area contributed by atoms with Gasteiger partial charge < -0.3 is 0 Å². The normalized spacial score (nSPS) is 11.8. The summed E-state index contributed by atoms with van der Waals surface area (Å²) in [5.74, 6) is 1.04. The lowest BCUT2D eigenvalue weighted by molar-refractivity contribution is 0.385. The van der Waals surface area contributed by atoms with Crippen LogP contribution in [0.3, 0.4) is 0 Å². The average molecular weight is 511 g/mol. The fourth-order valence-electron chi connectivity index (χ4n) is 3.82. The van der Waals surface area contributed by atoms with Gasteiger partial charge in [-0.25, -0.2) is 0 Å². The zero-order valence-electron chi connectivity index (χ0n) is 27.0. The molecule has 0 amide bonds. The Morgan fingerprint density at radius 3 is 1.38 bits per heavy atom. The summed E-state index contributed by atoms with van der Waals surface area (Å²) in [6, 6.07) is 15.1. The molecule has 2 aromatic rings. The van der Waals surface area contributed by atoms with Crippen molar-refractivity contribution in [2.24, 2.45) is 5.92 Å². The predicted molar refractivity (Wildman–Crippen MR) is 176 cm³/mol. The van der Waals surface area contributed by atoms with Gasteiger partial charge in [-0.2, -0.15) is 0 Å². The average Bonchev–Trinajstić information content (AvgIpc) is 2.95. The van der Waals surface area contributed by atoms with Gasteiger partial charge in [0.05, 0.1) is 0 Å². The highest BCUT2D eigenvalue weighted by atomic mass is 14.1. The van der Waals surface area contributed by atoms with Crippen molar-refractivity contribution in [3.63, 3.8) is 0 Å². The van der Waals surface area contributed by atoms with Gasteiger partial charge in [0, 0.05) is 0 Å². The van der Waals surface area contributed by atoms with Crippen LogP contribution < -0.4 is 0 Å². The molecule has 0 aliphatic heterocycles. The monoisotopic (exact) mass is 511 g/mol. The first-order valence-corrected chi connectivity index (χ1v) is 15.5. The topological polar surface area (TPSA) is 0 Å². The molecule has 0 spiro atoms. The van der Waals surface area contributed by atoms with Crippen LogP contribution in [-0.2, 0) is 0 Å². The van der Waals surface area contributed by atoms with Crippen molar-refractivity contribution < 1.29 is 0 Å². The van der Waals surface area contributed by atoms with E-state index in [0.717, 1.165) is 5.92 Å². The Kier molecular flexibility index (Phi) is 32.6. The Balaban J connectivity index is -0.000000445. The van der Waals surface area contributed by atoms with Crippen molar-refractivity contribution in [1.82, 2.24) is 0 Å². The predicted octanol–water partition coefficient (Wildman–Crippen LogP) is 13.5. The summed E-state index contributed by atoms with van der Waals surface area (Å²) in [5, 5.41) is 0. The molecule has 37 heavy (non-hydrogen) atoms. The summed E-state index contributed by atoms with van der Waals surface area (Å²) in [6.07, 6.45) is 17.1. The Labute approximate surface area is 235 Å². The first kappa shape index (κ1) is 39.7. The van der Waals surface area contributed by atoms with Crippen LogP contribution in [0.1, 0.15) is 142 Å². The Hall–Kier alpha value is -1.82. The second-order valence-corrected chi connectivity index (χ2v) is 9.90. The minimum absolute atomic E-state index is 1.04. The lowest BCUT2D eigenvalue weighted by Crippen LogP contribution is -1.99. The minimum atomic E-state index is 1.04. The van der Waals surface area contributed by atoms with E-state index in [1.807, 2.05) is 13.8 Å². The van der Waals surface area contributed by atoms with Crippen molar-refractivity contribution in [3.05, 3.63) is 72.3 Å². The zero-order valence-corrected chi connectivity index (χ0v) is 27.0. The third-order valence-corrected chi connectivity index (χ3v) is 6.64. The van der Waals surface area contributed by atoms with Crippen molar-refractivity contribution in [2.45, 2.75) is 146 Å². The molecule has 1 fully saturated rings. The van der Waals surface area contributed by atoms with Crippen LogP contribution in [0.15, 0.2) is 55.6 Å². The van der Waals surface area contributed by atoms with Crippen molar-refractivity contribution in [1.29, 1.82) is 0 Å².